The third kappa shape index (κ3) is 4.24. The second kappa shape index (κ2) is 6.83. The van der Waals surface area contributed by atoms with Crippen LogP contribution in [0, 0.1) is 0 Å². The highest BCUT2D eigenvalue weighted by Crippen LogP contribution is 2.14. The van der Waals surface area contributed by atoms with E-state index in [0.717, 1.165) is 12.2 Å². The van der Waals surface area contributed by atoms with E-state index < -0.39 is 0 Å². The standard InChI is InChI=1S/C13H22N4O/c1-4-7-15-13(18)9-17(10(2)3)12-6-5-11(14)8-16-12/h5-6,8,10H,4,7,9,14H2,1-3H3,(H,15,18). The van der Waals surface area contributed by atoms with Crippen LogP contribution in [0.5, 0.6) is 0 Å². The maximum absolute atomic E-state index is 11.8. The van der Waals surface area contributed by atoms with Crippen LogP contribution in [-0.4, -0.2) is 30.0 Å². The van der Waals surface area contributed by atoms with Gasteiger partial charge in [-0.2, -0.15) is 0 Å². The minimum atomic E-state index is 0.0178. The van der Waals surface area contributed by atoms with Crippen LogP contribution in [0.4, 0.5) is 11.5 Å². The van der Waals surface area contributed by atoms with Crippen molar-refractivity contribution >= 4 is 17.4 Å². The largest absolute Gasteiger partial charge is 0.397 e. The number of nitrogens with two attached hydrogens (primary N) is 1. The fourth-order valence-corrected chi connectivity index (χ4v) is 1.57. The summed E-state index contributed by atoms with van der Waals surface area (Å²) in [5.41, 5.74) is 6.23. The lowest BCUT2D eigenvalue weighted by atomic mass is 10.3. The molecule has 1 rings (SSSR count). The molecule has 0 unspecified atom stereocenters. The molecule has 0 aliphatic carbocycles. The summed E-state index contributed by atoms with van der Waals surface area (Å²) in [6, 6.07) is 3.83. The number of aromatic nitrogens is 1. The van der Waals surface area contributed by atoms with E-state index in [1.807, 2.05) is 31.7 Å². The Bertz CT molecular complexity index is 375. The Hall–Kier alpha value is -1.78. The van der Waals surface area contributed by atoms with Crippen LogP contribution in [0.2, 0.25) is 0 Å². The second-order valence-corrected chi connectivity index (χ2v) is 4.52. The fourth-order valence-electron chi connectivity index (χ4n) is 1.57. The molecule has 1 heterocycles. The maximum Gasteiger partial charge on any atom is 0.239 e. The van der Waals surface area contributed by atoms with E-state index in [0.29, 0.717) is 18.8 Å². The number of pyridine rings is 1. The lowest BCUT2D eigenvalue weighted by Crippen LogP contribution is -2.41. The van der Waals surface area contributed by atoms with Gasteiger partial charge in [0.15, 0.2) is 0 Å². The number of rotatable bonds is 6. The van der Waals surface area contributed by atoms with Gasteiger partial charge in [-0.05, 0) is 32.4 Å². The molecule has 1 aromatic heterocycles. The van der Waals surface area contributed by atoms with Crippen molar-refractivity contribution in [1.29, 1.82) is 0 Å². The summed E-state index contributed by atoms with van der Waals surface area (Å²) in [4.78, 5) is 18.0. The smallest absolute Gasteiger partial charge is 0.239 e. The minimum Gasteiger partial charge on any atom is -0.397 e. The molecule has 0 fully saturated rings. The number of amides is 1. The van der Waals surface area contributed by atoms with Crippen molar-refractivity contribution in [3.8, 4) is 0 Å². The normalized spacial score (nSPS) is 10.4. The molecule has 0 spiro atoms. The molecule has 5 nitrogen and oxygen atoms in total. The molecule has 3 N–H and O–H groups in total. The van der Waals surface area contributed by atoms with Gasteiger partial charge in [-0.1, -0.05) is 6.92 Å². The van der Waals surface area contributed by atoms with Crippen LogP contribution in [0.1, 0.15) is 27.2 Å². The van der Waals surface area contributed by atoms with Gasteiger partial charge in [0, 0.05) is 12.6 Å². The highest BCUT2D eigenvalue weighted by atomic mass is 16.2. The van der Waals surface area contributed by atoms with E-state index in [9.17, 15) is 4.79 Å². The molecule has 18 heavy (non-hydrogen) atoms. The molecule has 0 saturated carbocycles. The number of hydrogen-bond acceptors (Lipinski definition) is 4. The van der Waals surface area contributed by atoms with Gasteiger partial charge in [-0.3, -0.25) is 4.79 Å². The van der Waals surface area contributed by atoms with E-state index in [2.05, 4.69) is 10.3 Å². The zero-order chi connectivity index (χ0) is 13.5. The third-order valence-corrected chi connectivity index (χ3v) is 2.57. The first kappa shape index (κ1) is 14.3. The first-order chi connectivity index (χ1) is 8.54. The van der Waals surface area contributed by atoms with Crippen LogP contribution < -0.4 is 16.0 Å². The highest BCUT2D eigenvalue weighted by Gasteiger charge is 2.15. The summed E-state index contributed by atoms with van der Waals surface area (Å²) in [5, 5.41) is 2.87. The number of nitrogens with one attached hydrogen (secondary N) is 1. The predicted molar refractivity (Wildman–Crippen MR) is 74.4 cm³/mol. The van der Waals surface area contributed by atoms with Crippen LogP contribution in [0.3, 0.4) is 0 Å². The summed E-state index contributed by atoms with van der Waals surface area (Å²) in [7, 11) is 0. The van der Waals surface area contributed by atoms with Crippen molar-refractivity contribution in [1.82, 2.24) is 10.3 Å². The van der Waals surface area contributed by atoms with E-state index in [4.69, 9.17) is 5.73 Å². The SMILES string of the molecule is CCCNC(=O)CN(c1ccc(N)cn1)C(C)C. The van der Waals surface area contributed by atoms with Gasteiger partial charge in [-0.25, -0.2) is 4.98 Å². The maximum atomic E-state index is 11.8. The lowest BCUT2D eigenvalue weighted by molar-refractivity contribution is -0.119. The molecule has 100 valence electrons. The topological polar surface area (TPSA) is 71.2 Å². The average molecular weight is 250 g/mol. The summed E-state index contributed by atoms with van der Waals surface area (Å²) in [6.07, 6.45) is 2.54. The Balaban J connectivity index is 2.71. The quantitative estimate of drug-likeness (QED) is 0.800. The number of anilines is 2. The molecule has 1 amide bonds. The summed E-state index contributed by atoms with van der Waals surface area (Å²) < 4.78 is 0. The Morgan fingerprint density at radius 1 is 1.50 bits per heavy atom. The van der Waals surface area contributed by atoms with Crippen LogP contribution in [-0.2, 0) is 4.79 Å². The average Bonchev–Trinajstić information content (AvgIpc) is 2.34. The first-order valence-electron chi connectivity index (χ1n) is 6.29. The number of carbonyl (C=O) groups excluding carboxylic acids is 1. The molecule has 0 bridgehead atoms. The van der Waals surface area contributed by atoms with Gasteiger partial charge in [-0.15, -0.1) is 0 Å². The summed E-state index contributed by atoms with van der Waals surface area (Å²) in [6.45, 7) is 7.12. The Kier molecular flexibility index (Phi) is 5.42. The third-order valence-electron chi connectivity index (χ3n) is 2.57. The number of nitrogen functional groups attached to an aromatic ring is 1. The molecule has 0 atom stereocenters. The summed E-state index contributed by atoms with van der Waals surface area (Å²) >= 11 is 0. The Labute approximate surface area is 108 Å². The van der Waals surface area contributed by atoms with Gasteiger partial charge in [0.2, 0.25) is 5.91 Å². The van der Waals surface area contributed by atoms with Crippen molar-refractivity contribution in [2.24, 2.45) is 0 Å². The molecule has 0 aliphatic heterocycles. The minimum absolute atomic E-state index is 0.0178. The summed E-state index contributed by atoms with van der Waals surface area (Å²) in [5.74, 6) is 0.787. The Morgan fingerprint density at radius 3 is 2.72 bits per heavy atom. The van der Waals surface area contributed by atoms with Gasteiger partial charge in [0.05, 0.1) is 18.4 Å². The van der Waals surface area contributed by atoms with Gasteiger partial charge in [0.1, 0.15) is 5.82 Å². The van der Waals surface area contributed by atoms with E-state index in [1.165, 1.54) is 0 Å². The van der Waals surface area contributed by atoms with Gasteiger partial charge < -0.3 is 16.0 Å². The van der Waals surface area contributed by atoms with Crippen LogP contribution in [0.25, 0.3) is 0 Å². The van der Waals surface area contributed by atoms with Crippen LogP contribution in [0.15, 0.2) is 18.3 Å². The molecule has 0 aromatic carbocycles. The van der Waals surface area contributed by atoms with Crippen molar-refractivity contribution < 1.29 is 4.79 Å². The predicted octanol–water partition coefficient (Wildman–Crippen LogP) is 1.40. The van der Waals surface area contributed by atoms with E-state index in [1.54, 1.807) is 12.3 Å². The molecule has 5 heteroatoms. The van der Waals surface area contributed by atoms with Crippen LogP contribution >= 0.6 is 0 Å². The van der Waals surface area contributed by atoms with Gasteiger partial charge >= 0.3 is 0 Å². The van der Waals surface area contributed by atoms with Crippen molar-refractivity contribution in [3.63, 3.8) is 0 Å². The zero-order valence-electron chi connectivity index (χ0n) is 11.3. The number of nitrogens with zero attached hydrogens (tertiary/aromatic N) is 2. The fraction of sp³-hybridized carbons (Fsp3) is 0.538. The first-order valence-corrected chi connectivity index (χ1v) is 6.29. The second-order valence-electron chi connectivity index (χ2n) is 4.52. The van der Waals surface area contributed by atoms with Crippen molar-refractivity contribution in [2.45, 2.75) is 33.2 Å². The lowest BCUT2D eigenvalue weighted by Gasteiger charge is -2.27. The highest BCUT2D eigenvalue weighted by molar-refractivity contribution is 5.81. The molecule has 0 aliphatic rings. The van der Waals surface area contributed by atoms with E-state index in [-0.39, 0.29) is 11.9 Å². The van der Waals surface area contributed by atoms with Crippen molar-refractivity contribution in [2.75, 3.05) is 23.7 Å². The molecule has 1 aromatic rings. The zero-order valence-corrected chi connectivity index (χ0v) is 11.3. The number of carbonyl (C=O) groups is 1. The monoisotopic (exact) mass is 250 g/mol. The van der Waals surface area contributed by atoms with Crippen molar-refractivity contribution in [3.05, 3.63) is 18.3 Å². The molecular formula is C13H22N4O. The van der Waals surface area contributed by atoms with E-state index >= 15 is 0 Å². The molecule has 0 saturated heterocycles. The molecule has 0 radical (unpaired) electrons. The van der Waals surface area contributed by atoms with Gasteiger partial charge in [0.25, 0.3) is 0 Å². The number of hydrogen-bond donors (Lipinski definition) is 2. The molecular weight excluding hydrogens is 228 g/mol. The Morgan fingerprint density at radius 2 is 2.22 bits per heavy atom.